The van der Waals surface area contributed by atoms with Crippen LogP contribution < -0.4 is 5.32 Å². The lowest BCUT2D eigenvalue weighted by molar-refractivity contribution is 0.102. The standard InChI is InChI=1S/C17H19FN2O/c1-12-10-14(18)8-9-15(12)17(21)19-16-7-5-4-6-13(16)11-20(2)3/h4-10H,11H2,1-3H3,(H,19,21). The summed E-state index contributed by atoms with van der Waals surface area (Å²) in [5.74, 6) is -0.559. The van der Waals surface area contributed by atoms with Crippen molar-refractivity contribution in [3.05, 3.63) is 65.0 Å². The van der Waals surface area contributed by atoms with E-state index >= 15 is 0 Å². The van der Waals surface area contributed by atoms with Gasteiger partial charge in [-0.15, -0.1) is 0 Å². The molecule has 4 heteroatoms. The van der Waals surface area contributed by atoms with Gasteiger partial charge in [-0.3, -0.25) is 4.79 Å². The van der Waals surface area contributed by atoms with E-state index in [9.17, 15) is 9.18 Å². The van der Waals surface area contributed by atoms with E-state index in [4.69, 9.17) is 0 Å². The Balaban J connectivity index is 2.23. The van der Waals surface area contributed by atoms with Crippen LogP contribution in [-0.4, -0.2) is 24.9 Å². The van der Waals surface area contributed by atoms with Gasteiger partial charge < -0.3 is 10.2 Å². The number of anilines is 1. The zero-order chi connectivity index (χ0) is 15.4. The summed E-state index contributed by atoms with van der Waals surface area (Å²) in [7, 11) is 3.95. The summed E-state index contributed by atoms with van der Waals surface area (Å²) in [4.78, 5) is 14.4. The van der Waals surface area contributed by atoms with Crippen molar-refractivity contribution in [3.8, 4) is 0 Å². The third-order valence-electron chi connectivity index (χ3n) is 3.19. The van der Waals surface area contributed by atoms with Crippen LogP contribution in [0, 0.1) is 12.7 Å². The summed E-state index contributed by atoms with van der Waals surface area (Å²) >= 11 is 0. The molecule has 3 nitrogen and oxygen atoms in total. The molecule has 110 valence electrons. The molecule has 0 bridgehead atoms. The van der Waals surface area contributed by atoms with Crippen LogP contribution in [0.5, 0.6) is 0 Å². The van der Waals surface area contributed by atoms with E-state index in [-0.39, 0.29) is 11.7 Å². The molecule has 1 N–H and O–H groups in total. The number of amides is 1. The minimum Gasteiger partial charge on any atom is -0.322 e. The molecule has 0 aliphatic carbocycles. The van der Waals surface area contributed by atoms with Crippen molar-refractivity contribution < 1.29 is 9.18 Å². The van der Waals surface area contributed by atoms with Crippen LogP contribution in [0.15, 0.2) is 42.5 Å². The summed E-state index contributed by atoms with van der Waals surface area (Å²) in [6, 6.07) is 11.8. The fourth-order valence-corrected chi connectivity index (χ4v) is 2.19. The van der Waals surface area contributed by atoms with E-state index in [2.05, 4.69) is 5.32 Å². The summed E-state index contributed by atoms with van der Waals surface area (Å²) in [5.41, 5.74) is 2.92. The Bertz CT molecular complexity index is 653. The Morgan fingerprint density at radius 2 is 1.90 bits per heavy atom. The second kappa shape index (κ2) is 6.50. The van der Waals surface area contributed by atoms with Gasteiger partial charge in [0.1, 0.15) is 5.82 Å². The Labute approximate surface area is 124 Å². The van der Waals surface area contributed by atoms with Crippen molar-refractivity contribution >= 4 is 11.6 Å². The third kappa shape index (κ3) is 3.89. The fourth-order valence-electron chi connectivity index (χ4n) is 2.19. The Morgan fingerprint density at radius 3 is 2.57 bits per heavy atom. The Hall–Kier alpha value is -2.20. The van der Waals surface area contributed by atoms with Gasteiger partial charge in [-0.05, 0) is 56.4 Å². The van der Waals surface area contributed by atoms with E-state index in [1.807, 2.05) is 43.3 Å². The molecule has 2 aromatic carbocycles. The first kappa shape index (κ1) is 15.2. The molecule has 0 spiro atoms. The van der Waals surface area contributed by atoms with E-state index in [0.29, 0.717) is 11.1 Å². The average Bonchev–Trinajstić information content (AvgIpc) is 2.40. The summed E-state index contributed by atoms with van der Waals surface area (Å²) in [6.45, 7) is 2.46. The number of halogens is 1. The highest BCUT2D eigenvalue weighted by molar-refractivity contribution is 6.05. The molecule has 0 fully saturated rings. The summed E-state index contributed by atoms with van der Waals surface area (Å²) in [5, 5.41) is 2.90. The highest BCUT2D eigenvalue weighted by Crippen LogP contribution is 2.18. The molecular weight excluding hydrogens is 267 g/mol. The Kier molecular flexibility index (Phi) is 4.70. The van der Waals surface area contributed by atoms with Gasteiger partial charge >= 0.3 is 0 Å². The Morgan fingerprint density at radius 1 is 1.19 bits per heavy atom. The molecule has 0 aliphatic heterocycles. The lowest BCUT2D eigenvalue weighted by atomic mass is 10.1. The molecule has 0 radical (unpaired) electrons. The topological polar surface area (TPSA) is 32.3 Å². The minimum atomic E-state index is -0.336. The zero-order valence-electron chi connectivity index (χ0n) is 12.5. The molecule has 0 aromatic heterocycles. The maximum atomic E-state index is 13.1. The average molecular weight is 286 g/mol. The van der Waals surface area contributed by atoms with Crippen LogP contribution in [0.1, 0.15) is 21.5 Å². The van der Waals surface area contributed by atoms with Gasteiger partial charge in [0.2, 0.25) is 0 Å². The summed E-state index contributed by atoms with van der Waals surface area (Å²) in [6.07, 6.45) is 0. The lowest BCUT2D eigenvalue weighted by Crippen LogP contribution is -2.17. The molecule has 0 unspecified atom stereocenters. The number of nitrogens with one attached hydrogen (secondary N) is 1. The highest BCUT2D eigenvalue weighted by Gasteiger charge is 2.12. The lowest BCUT2D eigenvalue weighted by Gasteiger charge is -2.15. The van der Waals surface area contributed by atoms with Gasteiger partial charge in [0.05, 0.1) is 0 Å². The van der Waals surface area contributed by atoms with Crippen LogP contribution in [0.25, 0.3) is 0 Å². The van der Waals surface area contributed by atoms with Crippen molar-refractivity contribution in [2.24, 2.45) is 0 Å². The molecule has 0 atom stereocenters. The molecule has 0 saturated heterocycles. The number of hydrogen-bond donors (Lipinski definition) is 1. The van der Waals surface area contributed by atoms with E-state index in [1.165, 1.54) is 18.2 Å². The van der Waals surface area contributed by atoms with Crippen molar-refractivity contribution in [2.75, 3.05) is 19.4 Å². The van der Waals surface area contributed by atoms with E-state index in [1.54, 1.807) is 6.92 Å². The number of hydrogen-bond acceptors (Lipinski definition) is 2. The maximum Gasteiger partial charge on any atom is 0.255 e. The second-order valence-electron chi connectivity index (χ2n) is 5.31. The fraction of sp³-hybridized carbons (Fsp3) is 0.235. The van der Waals surface area contributed by atoms with Crippen LogP contribution in [0.2, 0.25) is 0 Å². The van der Waals surface area contributed by atoms with Crippen molar-refractivity contribution in [3.63, 3.8) is 0 Å². The van der Waals surface area contributed by atoms with Crippen LogP contribution in [-0.2, 0) is 6.54 Å². The normalized spacial score (nSPS) is 10.7. The smallest absolute Gasteiger partial charge is 0.255 e. The number of para-hydroxylation sites is 1. The molecule has 0 heterocycles. The van der Waals surface area contributed by atoms with E-state index < -0.39 is 0 Å². The first-order chi connectivity index (χ1) is 9.97. The van der Waals surface area contributed by atoms with Crippen molar-refractivity contribution in [1.82, 2.24) is 4.90 Å². The quantitative estimate of drug-likeness (QED) is 0.933. The van der Waals surface area contributed by atoms with Gasteiger partial charge in [-0.25, -0.2) is 4.39 Å². The van der Waals surface area contributed by atoms with Gasteiger partial charge in [0.25, 0.3) is 5.91 Å². The van der Waals surface area contributed by atoms with Crippen molar-refractivity contribution in [1.29, 1.82) is 0 Å². The predicted octanol–water partition coefficient (Wildman–Crippen LogP) is 3.45. The van der Waals surface area contributed by atoms with Gasteiger partial charge in [0, 0.05) is 17.8 Å². The number of carbonyl (C=O) groups excluding carboxylic acids is 1. The van der Waals surface area contributed by atoms with Crippen LogP contribution >= 0.6 is 0 Å². The molecule has 2 aromatic rings. The highest BCUT2D eigenvalue weighted by atomic mass is 19.1. The third-order valence-corrected chi connectivity index (χ3v) is 3.19. The van der Waals surface area contributed by atoms with Crippen LogP contribution in [0.3, 0.4) is 0 Å². The largest absolute Gasteiger partial charge is 0.322 e. The maximum absolute atomic E-state index is 13.1. The molecule has 0 aliphatic rings. The monoisotopic (exact) mass is 286 g/mol. The predicted molar refractivity (Wildman–Crippen MR) is 82.9 cm³/mol. The zero-order valence-corrected chi connectivity index (χ0v) is 12.5. The molecule has 2 rings (SSSR count). The summed E-state index contributed by atoms with van der Waals surface area (Å²) < 4.78 is 13.1. The number of aryl methyl sites for hydroxylation is 1. The van der Waals surface area contributed by atoms with Crippen LogP contribution in [0.4, 0.5) is 10.1 Å². The minimum absolute atomic E-state index is 0.223. The first-order valence-electron chi connectivity index (χ1n) is 6.77. The molecule has 0 saturated carbocycles. The van der Waals surface area contributed by atoms with Gasteiger partial charge in [-0.1, -0.05) is 18.2 Å². The molecule has 1 amide bonds. The number of benzene rings is 2. The SMILES string of the molecule is Cc1cc(F)ccc1C(=O)Nc1ccccc1CN(C)C. The number of nitrogens with zero attached hydrogens (tertiary/aromatic N) is 1. The van der Waals surface area contributed by atoms with E-state index in [0.717, 1.165) is 17.8 Å². The van der Waals surface area contributed by atoms with Gasteiger partial charge in [0.15, 0.2) is 0 Å². The van der Waals surface area contributed by atoms with Crippen molar-refractivity contribution in [2.45, 2.75) is 13.5 Å². The number of rotatable bonds is 4. The molecule has 21 heavy (non-hydrogen) atoms. The number of carbonyl (C=O) groups is 1. The second-order valence-corrected chi connectivity index (χ2v) is 5.31. The first-order valence-corrected chi connectivity index (χ1v) is 6.77. The molecular formula is C17H19FN2O. The van der Waals surface area contributed by atoms with Gasteiger partial charge in [-0.2, -0.15) is 0 Å².